The van der Waals surface area contributed by atoms with Gasteiger partial charge in [0.25, 0.3) is 5.91 Å². The van der Waals surface area contributed by atoms with Gasteiger partial charge in [0.15, 0.2) is 0 Å². The minimum Gasteiger partial charge on any atom is -0.350 e. The van der Waals surface area contributed by atoms with Crippen LogP contribution in [-0.4, -0.2) is 49.0 Å². The number of hydrogen-bond acceptors (Lipinski definition) is 4. The predicted molar refractivity (Wildman–Crippen MR) is 107 cm³/mol. The topological polar surface area (TPSA) is 70.2 Å². The molecule has 1 aromatic carbocycles. The first-order chi connectivity index (χ1) is 11.6. The van der Waals surface area contributed by atoms with Gasteiger partial charge in [-0.1, -0.05) is 17.7 Å². The Labute approximate surface area is 160 Å². The van der Waals surface area contributed by atoms with Gasteiger partial charge in [-0.2, -0.15) is 11.8 Å². The molecule has 1 fully saturated rings. The maximum Gasteiger partial charge on any atom is 0.251 e. The zero-order valence-corrected chi connectivity index (χ0v) is 16.5. The summed E-state index contributed by atoms with van der Waals surface area (Å²) in [6, 6.07) is 7.08. The van der Waals surface area contributed by atoms with Gasteiger partial charge in [-0.15, -0.1) is 12.4 Å². The third-order valence-electron chi connectivity index (χ3n) is 4.16. The van der Waals surface area contributed by atoms with E-state index in [0.717, 1.165) is 37.2 Å². The van der Waals surface area contributed by atoms with E-state index < -0.39 is 6.04 Å². The van der Waals surface area contributed by atoms with Crippen molar-refractivity contribution in [1.82, 2.24) is 16.0 Å². The minimum atomic E-state index is -0.493. The number of aryl methyl sites for hydroxylation is 1. The molecule has 0 aromatic heterocycles. The molecule has 1 aliphatic rings. The number of carbonyl (C=O) groups is 2. The summed E-state index contributed by atoms with van der Waals surface area (Å²) in [4.78, 5) is 25.0. The largest absolute Gasteiger partial charge is 0.350 e. The van der Waals surface area contributed by atoms with Crippen LogP contribution in [-0.2, 0) is 4.79 Å². The SMILES string of the molecule is CSCCC(NC(=O)c1cccc(C)c1)C(=O)NC1CCCNC1.Cl. The summed E-state index contributed by atoms with van der Waals surface area (Å²) >= 11 is 1.68. The number of nitrogens with one attached hydrogen (secondary N) is 3. The lowest BCUT2D eigenvalue weighted by molar-refractivity contribution is -0.123. The van der Waals surface area contributed by atoms with Gasteiger partial charge >= 0.3 is 0 Å². The molecule has 2 amide bonds. The Hall–Kier alpha value is -1.24. The van der Waals surface area contributed by atoms with Gasteiger partial charge < -0.3 is 16.0 Å². The second-order valence-electron chi connectivity index (χ2n) is 6.23. The number of thioether (sulfide) groups is 1. The van der Waals surface area contributed by atoms with E-state index in [4.69, 9.17) is 0 Å². The van der Waals surface area contributed by atoms with Crippen molar-refractivity contribution in [2.24, 2.45) is 0 Å². The number of rotatable bonds is 7. The van der Waals surface area contributed by atoms with Crippen LogP contribution in [0.25, 0.3) is 0 Å². The van der Waals surface area contributed by atoms with Crippen molar-refractivity contribution >= 4 is 36.0 Å². The maximum atomic E-state index is 12.6. The lowest BCUT2D eigenvalue weighted by Gasteiger charge is -2.26. The lowest BCUT2D eigenvalue weighted by atomic mass is 10.1. The molecule has 2 unspecified atom stereocenters. The Morgan fingerprint density at radius 2 is 2.20 bits per heavy atom. The van der Waals surface area contributed by atoms with Crippen LogP contribution in [0.5, 0.6) is 0 Å². The Morgan fingerprint density at radius 3 is 2.84 bits per heavy atom. The van der Waals surface area contributed by atoms with Gasteiger partial charge in [0, 0.05) is 18.2 Å². The van der Waals surface area contributed by atoms with Gasteiger partial charge in [-0.05, 0) is 56.9 Å². The summed E-state index contributed by atoms with van der Waals surface area (Å²) in [5.74, 6) is 0.551. The van der Waals surface area contributed by atoms with Crippen molar-refractivity contribution in [3.8, 4) is 0 Å². The highest BCUT2D eigenvalue weighted by Crippen LogP contribution is 2.08. The van der Waals surface area contributed by atoms with E-state index in [1.165, 1.54) is 0 Å². The number of amides is 2. The Balaban J connectivity index is 0.00000312. The summed E-state index contributed by atoms with van der Waals surface area (Å²) in [6.07, 6.45) is 4.68. The highest BCUT2D eigenvalue weighted by atomic mass is 35.5. The van der Waals surface area contributed by atoms with Crippen molar-refractivity contribution in [1.29, 1.82) is 0 Å². The van der Waals surface area contributed by atoms with Crippen LogP contribution < -0.4 is 16.0 Å². The maximum absolute atomic E-state index is 12.6. The van der Waals surface area contributed by atoms with Crippen molar-refractivity contribution in [3.63, 3.8) is 0 Å². The molecule has 0 aliphatic carbocycles. The van der Waals surface area contributed by atoms with Crippen molar-refractivity contribution in [2.45, 2.75) is 38.3 Å². The third kappa shape index (κ3) is 7.26. The monoisotopic (exact) mass is 385 g/mol. The van der Waals surface area contributed by atoms with E-state index in [9.17, 15) is 9.59 Å². The molecule has 2 atom stereocenters. The number of carbonyl (C=O) groups excluding carboxylic acids is 2. The van der Waals surface area contributed by atoms with Gasteiger partial charge in [0.05, 0.1) is 0 Å². The van der Waals surface area contributed by atoms with Crippen molar-refractivity contribution in [2.75, 3.05) is 25.1 Å². The number of benzene rings is 1. The summed E-state index contributed by atoms with van der Waals surface area (Å²) in [5.41, 5.74) is 1.62. The van der Waals surface area contributed by atoms with Crippen LogP contribution in [0.3, 0.4) is 0 Å². The van der Waals surface area contributed by atoms with Crippen LogP contribution in [0.4, 0.5) is 0 Å². The Kier molecular flexibility index (Phi) is 9.93. The Bertz CT molecular complexity index is 565. The molecular weight excluding hydrogens is 358 g/mol. The van der Waals surface area contributed by atoms with Gasteiger partial charge in [-0.25, -0.2) is 0 Å². The van der Waals surface area contributed by atoms with E-state index in [-0.39, 0.29) is 30.3 Å². The molecular formula is C18H28ClN3O2S. The van der Waals surface area contributed by atoms with E-state index in [2.05, 4.69) is 16.0 Å². The summed E-state index contributed by atoms with van der Waals surface area (Å²) in [6.45, 7) is 3.75. The first-order valence-electron chi connectivity index (χ1n) is 8.47. The fourth-order valence-electron chi connectivity index (χ4n) is 2.81. The standard InChI is InChI=1S/C18H27N3O2S.ClH/c1-13-5-3-6-14(11-13)17(22)21-16(8-10-24-2)18(23)20-15-7-4-9-19-12-15;/h3,5-6,11,15-16,19H,4,7-10,12H2,1-2H3,(H,20,23)(H,21,22);1H. The quantitative estimate of drug-likeness (QED) is 0.672. The number of halogens is 1. The summed E-state index contributed by atoms with van der Waals surface area (Å²) in [5, 5.41) is 9.26. The summed E-state index contributed by atoms with van der Waals surface area (Å²) in [7, 11) is 0. The molecule has 5 nitrogen and oxygen atoms in total. The Morgan fingerprint density at radius 1 is 1.40 bits per heavy atom. The predicted octanol–water partition coefficient (Wildman–Crippen LogP) is 2.14. The molecule has 2 rings (SSSR count). The zero-order chi connectivity index (χ0) is 17.4. The highest BCUT2D eigenvalue weighted by Gasteiger charge is 2.24. The molecule has 1 aliphatic heterocycles. The minimum absolute atomic E-state index is 0. The first kappa shape index (κ1) is 21.8. The normalized spacial score (nSPS) is 17.9. The van der Waals surface area contributed by atoms with Gasteiger partial charge in [0.1, 0.15) is 6.04 Å². The molecule has 0 bridgehead atoms. The van der Waals surface area contributed by atoms with E-state index >= 15 is 0 Å². The lowest BCUT2D eigenvalue weighted by Crippen LogP contribution is -2.53. The number of hydrogen-bond donors (Lipinski definition) is 3. The first-order valence-corrected chi connectivity index (χ1v) is 9.87. The zero-order valence-electron chi connectivity index (χ0n) is 14.8. The average Bonchev–Trinajstić information content (AvgIpc) is 2.59. The second-order valence-corrected chi connectivity index (χ2v) is 7.21. The molecule has 0 spiro atoms. The molecule has 1 aromatic rings. The van der Waals surface area contributed by atoms with Crippen LogP contribution in [0.1, 0.15) is 35.2 Å². The van der Waals surface area contributed by atoms with Crippen molar-refractivity contribution < 1.29 is 9.59 Å². The molecule has 25 heavy (non-hydrogen) atoms. The smallest absolute Gasteiger partial charge is 0.251 e. The fraction of sp³-hybridized carbons (Fsp3) is 0.556. The van der Waals surface area contributed by atoms with E-state index in [1.807, 2.05) is 31.4 Å². The van der Waals surface area contributed by atoms with E-state index in [0.29, 0.717) is 12.0 Å². The molecule has 0 radical (unpaired) electrons. The second kappa shape index (κ2) is 11.4. The van der Waals surface area contributed by atoms with Crippen LogP contribution in [0.2, 0.25) is 0 Å². The van der Waals surface area contributed by atoms with Crippen LogP contribution in [0.15, 0.2) is 24.3 Å². The van der Waals surface area contributed by atoms with Crippen LogP contribution >= 0.6 is 24.2 Å². The van der Waals surface area contributed by atoms with E-state index in [1.54, 1.807) is 17.8 Å². The van der Waals surface area contributed by atoms with Crippen LogP contribution in [0, 0.1) is 6.92 Å². The molecule has 7 heteroatoms. The van der Waals surface area contributed by atoms with Gasteiger partial charge in [0.2, 0.25) is 5.91 Å². The molecule has 140 valence electrons. The van der Waals surface area contributed by atoms with Crippen molar-refractivity contribution in [3.05, 3.63) is 35.4 Å². The summed E-state index contributed by atoms with van der Waals surface area (Å²) < 4.78 is 0. The number of piperidine rings is 1. The molecule has 0 saturated carbocycles. The molecule has 1 saturated heterocycles. The highest BCUT2D eigenvalue weighted by molar-refractivity contribution is 7.98. The fourth-order valence-corrected chi connectivity index (χ4v) is 3.28. The molecule has 1 heterocycles. The van der Waals surface area contributed by atoms with Gasteiger partial charge in [-0.3, -0.25) is 9.59 Å². The third-order valence-corrected chi connectivity index (χ3v) is 4.80. The average molecular weight is 386 g/mol. The molecule has 3 N–H and O–H groups in total.